The molecule has 0 bridgehead atoms. The molecule has 0 radical (unpaired) electrons. The Hall–Kier alpha value is -2.88. The highest BCUT2D eigenvalue weighted by Crippen LogP contribution is 2.24. The summed E-state index contributed by atoms with van der Waals surface area (Å²) in [5.74, 6) is 2.03. The zero-order valence-electron chi connectivity index (χ0n) is 13.2. The number of hydrogen-bond donors (Lipinski definition) is 1. The van der Waals surface area contributed by atoms with E-state index < -0.39 is 0 Å². The summed E-state index contributed by atoms with van der Waals surface area (Å²) < 4.78 is 5.11. The van der Waals surface area contributed by atoms with Crippen molar-refractivity contribution < 1.29 is 4.74 Å². The Bertz CT molecular complexity index is 742. The minimum Gasteiger partial charge on any atom is -0.481 e. The third-order valence-corrected chi connectivity index (χ3v) is 3.83. The molecular weight excluding hydrogens is 292 g/mol. The molecule has 23 heavy (non-hydrogen) atoms. The van der Waals surface area contributed by atoms with Gasteiger partial charge in [-0.15, -0.1) is 0 Å². The van der Waals surface area contributed by atoms with Gasteiger partial charge in [-0.2, -0.15) is 5.26 Å². The lowest BCUT2D eigenvalue weighted by atomic mass is 10.2. The van der Waals surface area contributed by atoms with E-state index in [0.717, 1.165) is 36.8 Å². The van der Waals surface area contributed by atoms with Crippen LogP contribution in [-0.2, 0) is 0 Å². The van der Waals surface area contributed by atoms with Gasteiger partial charge in [0, 0.05) is 30.9 Å². The van der Waals surface area contributed by atoms with Crippen LogP contribution in [0, 0.1) is 18.3 Å². The second-order valence-electron chi connectivity index (χ2n) is 5.46. The molecule has 1 unspecified atom stereocenters. The molecule has 2 aromatic rings. The predicted molar refractivity (Wildman–Crippen MR) is 86.5 cm³/mol. The molecule has 7 heteroatoms. The van der Waals surface area contributed by atoms with Gasteiger partial charge in [0.25, 0.3) is 0 Å². The van der Waals surface area contributed by atoms with Crippen LogP contribution >= 0.6 is 0 Å². The van der Waals surface area contributed by atoms with Crippen LogP contribution < -0.4 is 15.0 Å². The van der Waals surface area contributed by atoms with Crippen LogP contribution in [0.3, 0.4) is 0 Å². The van der Waals surface area contributed by atoms with Crippen molar-refractivity contribution in [3.8, 4) is 11.9 Å². The maximum atomic E-state index is 9.27. The lowest BCUT2D eigenvalue weighted by Crippen LogP contribution is -2.27. The molecule has 0 saturated carbocycles. The highest BCUT2D eigenvalue weighted by atomic mass is 16.5. The largest absolute Gasteiger partial charge is 0.481 e. The maximum Gasteiger partial charge on any atom is 0.218 e. The van der Waals surface area contributed by atoms with Crippen molar-refractivity contribution in [3.05, 3.63) is 35.8 Å². The standard InChI is InChI=1S/C16H18N6O/c1-11-3-4-12(8-17)16(20-11)22-6-5-13(9-22)21-14-7-15(23-2)19-10-18-14/h3-4,7,10,13H,5-6,9H2,1-2H3,(H,18,19,21). The van der Waals surface area contributed by atoms with Gasteiger partial charge in [0.15, 0.2) is 0 Å². The van der Waals surface area contributed by atoms with Gasteiger partial charge in [0.05, 0.1) is 12.7 Å². The quantitative estimate of drug-likeness (QED) is 0.920. The van der Waals surface area contributed by atoms with Crippen LogP contribution in [0.2, 0.25) is 0 Å². The fourth-order valence-electron chi connectivity index (χ4n) is 2.68. The Morgan fingerprint density at radius 2 is 2.26 bits per heavy atom. The van der Waals surface area contributed by atoms with Crippen LogP contribution in [0.15, 0.2) is 24.5 Å². The van der Waals surface area contributed by atoms with Crippen molar-refractivity contribution in [2.75, 3.05) is 30.4 Å². The van der Waals surface area contributed by atoms with Gasteiger partial charge in [-0.3, -0.25) is 0 Å². The third-order valence-electron chi connectivity index (χ3n) is 3.83. The molecule has 1 fully saturated rings. The first-order valence-electron chi connectivity index (χ1n) is 7.45. The van der Waals surface area contributed by atoms with E-state index in [1.807, 2.05) is 19.1 Å². The van der Waals surface area contributed by atoms with Crippen molar-refractivity contribution in [2.24, 2.45) is 0 Å². The van der Waals surface area contributed by atoms with Crippen LogP contribution in [0.1, 0.15) is 17.7 Å². The molecule has 118 valence electrons. The maximum absolute atomic E-state index is 9.27. The number of nitrogens with one attached hydrogen (secondary N) is 1. The predicted octanol–water partition coefficient (Wildman–Crippen LogP) is 1.75. The number of pyridine rings is 1. The monoisotopic (exact) mass is 310 g/mol. The minimum atomic E-state index is 0.239. The number of aromatic nitrogens is 3. The first-order valence-corrected chi connectivity index (χ1v) is 7.45. The second kappa shape index (κ2) is 6.48. The molecule has 0 spiro atoms. The summed E-state index contributed by atoms with van der Waals surface area (Å²) in [6.45, 7) is 3.56. The highest BCUT2D eigenvalue weighted by molar-refractivity contribution is 5.55. The smallest absolute Gasteiger partial charge is 0.218 e. The number of nitriles is 1. The van der Waals surface area contributed by atoms with Gasteiger partial charge in [0.2, 0.25) is 5.88 Å². The second-order valence-corrected chi connectivity index (χ2v) is 5.46. The van der Waals surface area contributed by atoms with E-state index in [1.165, 1.54) is 6.33 Å². The van der Waals surface area contributed by atoms with E-state index in [9.17, 15) is 5.26 Å². The van der Waals surface area contributed by atoms with Crippen LogP contribution in [0.5, 0.6) is 5.88 Å². The summed E-state index contributed by atoms with van der Waals surface area (Å²) in [5.41, 5.74) is 1.52. The number of ether oxygens (including phenoxy) is 1. The van der Waals surface area contributed by atoms with Crippen molar-refractivity contribution in [1.29, 1.82) is 5.26 Å². The Morgan fingerprint density at radius 1 is 1.39 bits per heavy atom. The minimum absolute atomic E-state index is 0.239. The Labute approximate surface area is 135 Å². The van der Waals surface area contributed by atoms with E-state index in [2.05, 4.69) is 31.2 Å². The summed E-state index contributed by atoms with van der Waals surface area (Å²) in [4.78, 5) is 14.9. The van der Waals surface area contributed by atoms with E-state index in [-0.39, 0.29) is 6.04 Å². The number of nitrogens with zero attached hydrogens (tertiary/aromatic N) is 5. The molecule has 1 aliphatic rings. The summed E-state index contributed by atoms with van der Waals surface area (Å²) in [7, 11) is 1.58. The molecule has 1 N–H and O–H groups in total. The van der Waals surface area contributed by atoms with Gasteiger partial charge < -0.3 is 15.0 Å². The molecule has 1 atom stereocenters. The number of hydrogen-bond acceptors (Lipinski definition) is 7. The van der Waals surface area contributed by atoms with E-state index in [0.29, 0.717) is 11.4 Å². The van der Waals surface area contributed by atoms with Crippen LogP contribution in [0.25, 0.3) is 0 Å². The van der Waals surface area contributed by atoms with E-state index in [1.54, 1.807) is 13.2 Å². The Balaban J connectivity index is 1.71. The van der Waals surface area contributed by atoms with E-state index >= 15 is 0 Å². The van der Waals surface area contributed by atoms with Gasteiger partial charge in [-0.1, -0.05) is 0 Å². The number of anilines is 2. The fraction of sp³-hybridized carbons (Fsp3) is 0.375. The molecular formula is C16H18N6O. The van der Waals surface area contributed by atoms with Crippen LogP contribution in [-0.4, -0.2) is 41.2 Å². The summed E-state index contributed by atoms with van der Waals surface area (Å²) >= 11 is 0. The molecule has 0 amide bonds. The molecule has 3 heterocycles. The van der Waals surface area contributed by atoms with Gasteiger partial charge in [-0.05, 0) is 25.5 Å². The van der Waals surface area contributed by atoms with Crippen molar-refractivity contribution in [3.63, 3.8) is 0 Å². The summed E-state index contributed by atoms with van der Waals surface area (Å²) in [5, 5.41) is 12.6. The summed E-state index contributed by atoms with van der Waals surface area (Å²) in [6, 6.07) is 7.92. The normalized spacial score (nSPS) is 16.9. The topological polar surface area (TPSA) is 87.0 Å². The number of aryl methyl sites for hydroxylation is 1. The Morgan fingerprint density at radius 3 is 3.04 bits per heavy atom. The van der Waals surface area contributed by atoms with Gasteiger partial charge in [0.1, 0.15) is 24.0 Å². The Kier molecular flexibility index (Phi) is 4.24. The lowest BCUT2D eigenvalue weighted by Gasteiger charge is -2.19. The number of methoxy groups -OCH3 is 1. The van der Waals surface area contributed by atoms with Crippen molar-refractivity contribution in [1.82, 2.24) is 15.0 Å². The summed E-state index contributed by atoms with van der Waals surface area (Å²) in [6.07, 6.45) is 2.43. The zero-order valence-corrected chi connectivity index (χ0v) is 13.2. The van der Waals surface area contributed by atoms with Gasteiger partial charge >= 0.3 is 0 Å². The fourth-order valence-corrected chi connectivity index (χ4v) is 2.68. The average Bonchev–Trinajstić information content (AvgIpc) is 3.03. The number of rotatable bonds is 4. The molecule has 0 aromatic carbocycles. The van der Waals surface area contributed by atoms with Gasteiger partial charge in [-0.25, -0.2) is 15.0 Å². The molecule has 3 rings (SSSR count). The average molecular weight is 310 g/mol. The van der Waals surface area contributed by atoms with Crippen LogP contribution in [0.4, 0.5) is 11.6 Å². The molecule has 2 aromatic heterocycles. The van der Waals surface area contributed by atoms with Crippen molar-refractivity contribution >= 4 is 11.6 Å². The lowest BCUT2D eigenvalue weighted by molar-refractivity contribution is 0.397. The third kappa shape index (κ3) is 3.31. The molecule has 7 nitrogen and oxygen atoms in total. The molecule has 1 aliphatic heterocycles. The van der Waals surface area contributed by atoms with Crippen molar-refractivity contribution in [2.45, 2.75) is 19.4 Å². The SMILES string of the molecule is COc1cc(NC2CCN(c3nc(C)ccc3C#N)C2)ncn1. The molecule has 1 saturated heterocycles. The zero-order chi connectivity index (χ0) is 16.2. The molecule has 0 aliphatic carbocycles. The highest BCUT2D eigenvalue weighted by Gasteiger charge is 2.25. The first kappa shape index (κ1) is 15.0. The van der Waals surface area contributed by atoms with E-state index in [4.69, 9.17) is 4.74 Å². The first-order chi connectivity index (χ1) is 11.2.